The Morgan fingerprint density at radius 3 is 2.30 bits per heavy atom. The third-order valence-corrected chi connectivity index (χ3v) is 5.54. The third-order valence-electron chi connectivity index (χ3n) is 5.54. The molecule has 4 rings (SSSR count). The predicted molar refractivity (Wildman–Crippen MR) is 113 cm³/mol. The van der Waals surface area contributed by atoms with Crippen molar-refractivity contribution in [1.82, 2.24) is 4.98 Å². The number of anilines is 1. The van der Waals surface area contributed by atoms with Gasteiger partial charge in [0.05, 0.1) is 20.3 Å². The number of aromatic nitrogens is 1. The molecule has 0 saturated carbocycles. The van der Waals surface area contributed by atoms with E-state index in [0.29, 0.717) is 24.8 Å². The van der Waals surface area contributed by atoms with Crippen LogP contribution in [0.15, 0.2) is 54.6 Å². The number of hydrogen-bond donors (Lipinski definition) is 1. The van der Waals surface area contributed by atoms with Gasteiger partial charge in [-0.2, -0.15) is 0 Å². The summed E-state index contributed by atoms with van der Waals surface area (Å²) in [6, 6.07) is 15.6. The average molecular weight is 406 g/mol. The molecule has 1 amide bonds. The highest BCUT2D eigenvalue weighted by Crippen LogP contribution is 2.36. The molecule has 1 aromatic heterocycles. The summed E-state index contributed by atoms with van der Waals surface area (Å²) < 4.78 is 23.8. The number of carbonyl (C=O) groups excluding carboxylic acids is 1. The number of carbonyl (C=O) groups is 1. The van der Waals surface area contributed by atoms with Crippen molar-refractivity contribution in [2.24, 2.45) is 0 Å². The van der Waals surface area contributed by atoms with Gasteiger partial charge in [-0.25, -0.2) is 9.37 Å². The molecule has 0 spiro atoms. The average Bonchev–Trinajstić information content (AvgIpc) is 2.69. The first kappa shape index (κ1) is 20.0. The smallest absolute Gasteiger partial charge is 0.239 e. The molecule has 0 atom stereocenters. The van der Waals surface area contributed by atoms with E-state index in [9.17, 15) is 9.18 Å². The Kier molecular flexibility index (Phi) is 5.26. The number of nitrogens with one attached hydrogen (secondary N) is 1. The number of benzene rings is 2. The van der Waals surface area contributed by atoms with Gasteiger partial charge >= 0.3 is 0 Å². The highest BCUT2D eigenvalue weighted by atomic mass is 19.1. The summed E-state index contributed by atoms with van der Waals surface area (Å²) in [5.41, 5.74) is 4.72. The van der Waals surface area contributed by atoms with Crippen molar-refractivity contribution in [3.05, 3.63) is 77.2 Å². The predicted octanol–water partition coefficient (Wildman–Crippen LogP) is 4.42. The molecule has 1 aliphatic heterocycles. The van der Waals surface area contributed by atoms with Crippen molar-refractivity contribution in [3.63, 3.8) is 0 Å². The number of amides is 1. The summed E-state index contributed by atoms with van der Waals surface area (Å²) in [5, 5.41) is 2.88. The fourth-order valence-corrected chi connectivity index (χ4v) is 3.81. The molecule has 1 N–H and O–H groups in total. The number of rotatable bonds is 5. The topological polar surface area (TPSA) is 60.5 Å². The number of halogens is 1. The number of hydrogen-bond acceptors (Lipinski definition) is 4. The summed E-state index contributed by atoms with van der Waals surface area (Å²) in [5.74, 6) is 0.0869. The Morgan fingerprint density at radius 1 is 1.10 bits per heavy atom. The fraction of sp³-hybridized carbons (Fsp3) is 0.250. The molecule has 154 valence electrons. The Labute approximate surface area is 174 Å². The van der Waals surface area contributed by atoms with Crippen molar-refractivity contribution in [2.45, 2.75) is 19.3 Å². The van der Waals surface area contributed by atoms with Gasteiger partial charge in [0.15, 0.2) is 0 Å². The van der Waals surface area contributed by atoms with Gasteiger partial charge in [0.1, 0.15) is 11.2 Å². The Bertz CT molecular complexity index is 1050. The highest BCUT2D eigenvalue weighted by Gasteiger charge is 2.47. The first-order chi connectivity index (χ1) is 14.4. The van der Waals surface area contributed by atoms with Gasteiger partial charge in [-0.15, -0.1) is 0 Å². The zero-order valence-corrected chi connectivity index (χ0v) is 17.2. The second-order valence-electron chi connectivity index (χ2n) is 7.56. The Balaban J connectivity index is 1.61. The van der Waals surface area contributed by atoms with Crippen LogP contribution in [0.1, 0.15) is 16.8 Å². The van der Waals surface area contributed by atoms with Crippen LogP contribution in [-0.4, -0.2) is 31.2 Å². The maximum Gasteiger partial charge on any atom is 0.239 e. The fourth-order valence-electron chi connectivity index (χ4n) is 3.81. The summed E-state index contributed by atoms with van der Waals surface area (Å²) in [6.45, 7) is 4.59. The Morgan fingerprint density at radius 2 is 1.77 bits per heavy atom. The normalized spacial score (nSPS) is 14.7. The zero-order chi connectivity index (χ0) is 21.3. The zero-order valence-electron chi connectivity index (χ0n) is 17.2. The largest absolute Gasteiger partial charge is 0.481 e. The summed E-state index contributed by atoms with van der Waals surface area (Å²) in [6.07, 6.45) is 0. The monoisotopic (exact) mass is 406 g/mol. The van der Waals surface area contributed by atoms with E-state index < -0.39 is 5.41 Å². The molecule has 6 heteroatoms. The maximum absolute atomic E-state index is 13.1. The molecule has 1 aliphatic rings. The minimum atomic E-state index is -0.755. The van der Waals surface area contributed by atoms with Gasteiger partial charge in [-0.05, 0) is 54.8 Å². The van der Waals surface area contributed by atoms with E-state index in [1.54, 1.807) is 19.2 Å². The minimum Gasteiger partial charge on any atom is -0.481 e. The van der Waals surface area contributed by atoms with Gasteiger partial charge < -0.3 is 14.8 Å². The molecule has 2 heterocycles. The van der Waals surface area contributed by atoms with Gasteiger partial charge in [0.25, 0.3) is 0 Å². The number of nitrogens with zero attached hydrogens (tertiary/aromatic N) is 1. The lowest BCUT2D eigenvalue weighted by Gasteiger charge is -2.40. The van der Waals surface area contributed by atoms with Crippen LogP contribution in [0.3, 0.4) is 0 Å². The van der Waals surface area contributed by atoms with Crippen molar-refractivity contribution in [3.8, 4) is 17.0 Å². The van der Waals surface area contributed by atoms with E-state index >= 15 is 0 Å². The molecule has 1 saturated heterocycles. The van der Waals surface area contributed by atoms with E-state index in [1.165, 1.54) is 12.1 Å². The summed E-state index contributed by atoms with van der Waals surface area (Å²) >= 11 is 0. The first-order valence-corrected chi connectivity index (χ1v) is 9.71. The van der Waals surface area contributed by atoms with Gasteiger partial charge in [-0.1, -0.05) is 24.3 Å². The molecule has 3 aromatic rings. The van der Waals surface area contributed by atoms with E-state index in [1.807, 2.05) is 44.2 Å². The van der Waals surface area contributed by atoms with Crippen molar-refractivity contribution < 1.29 is 18.7 Å². The van der Waals surface area contributed by atoms with Crippen LogP contribution in [0.2, 0.25) is 0 Å². The van der Waals surface area contributed by atoms with E-state index in [4.69, 9.17) is 9.47 Å². The van der Waals surface area contributed by atoms with Crippen LogP contribution in [0.25, 0.3) is 11.1 Å². The van der Waals surface area contributed by atoms with Gasteiger partial charge in [0.2, 0.25) is 11.8 Å². The van der Waals surface area contributed by atoms with E-state index in [0.717, 1.165) is 27.9 Å². The number of ether oxygens (including phenoxy) is 2. The SMILES string of the molecule is COc1cc(C)c(-c2ccc(C3(C(=O)Nc4ccc(F)cc4)COC3)cc2)c(C)n1. The molecule has 2 aromatic carbocycles. The van der Waals surface area contributed by atoms with Crippen LogP contribution in [-0.2, 0) is 14.9 Å². The Hall–Kier alpha value is -3.25. The van der Waals surface area contributed by atoms with Gasteiger partial charge in [0, 0.05) is 23.0 Å². The van der Waals surface area contributed by atoms with E-state index in [2.05, 4.69) is 10.3 Å². The molecular weight excluding hydrogens is 383 g/mol. The summed E-state index contributed by atoms with van der Waals surface area (Å²) in [7, 11) is 1.60. The lowest BCUT2D eigenvalue weighted by Crippen LogP contribution is -2.55. The molecule has 30 heavy (non-hydrogen) atoms. The minimum absolute atomic E-state index is 0.161. The van der Waals surface area contributed by atoms with Crippen LogP contribution < -0.4 is 10.1 Å². The molecule has 0 unspecified atom stereocenters. The van der Waals surface area contributed by atoms with Crippen LogP contribution in [0.5, 0.6) is 5.88 Å². The third kappa shape index (κ3) is 3.55. The van der Waals surface area contributed by atoms with Gasteiger partial charge in [-0.3, -0.25) is 4.79 Å². The molecule has 0 radical (unpaired) electrons. The number of pyridine rings is 1. The van der Waals surface area contributed by atoms with Crippen molar-refractivity contribution >= 4 is 11.6 Å². The van der Waals surface area contributed by atoms with Crippen molar-refractivity contribution in [2.75, 3.05) is 25.6 Å². The van der Waals surface area contributed by atoms with Crippen molar-refractivity contribution in [1.29, 1.82) is 0 Å². The molecule has 0 bridgehead atoms. The quantitative estimate of drug-likeness (QED) is 0.681. The molecule has 1 fully saturated rings. The highest BCUT2D eigenvalue weighted by molar-refractivity contribution is 6.00. The number of aryl methyl sites for hydroxylation is 2. The second-order valence-corrected chi connectivity index (χ2v) is 7.56. The maximum atomic E-state index is 13.1. The standard InChI is InChI=1S/C24H23FN2O3/c1-15-12-21(29-3)26-16(2)22(15)17-4-6-18(7-5-17)24(13-30-14-24)23(28)27-20-10-8-19(25)9-11-20/h4-12H,13-14H2,1-3H3,(H,27,28). The lowest BCUT2D eigenvalue weighted by atomic mass is 9.77. The van der Waals surface area contributed by atoms with Crippen LogP contribution in [0.4, 0.5) is 10.1 Å². The molecule has 5 nitrogen and oxygen atoms in total. The molecular formula is C24H23FN2O3. The lowest BCUT2D eigenvalue weighted by molar-refractivity contribution is -0.139. The number of methoxy groups -OCH3 is 1. The first-order valence-electron chi connectivity index (χ1n) is 9.71. The van der Waals surface area contributed by atoms with Crippen LogP contribution in [0, 0.1) is 19.7 Å². The second kappa shape index (κ2) is 7.88. The van der Waals surface area contributed by atoms with Crippen LogP contribution >= 0.6 is 0 Å². The summed E-state index contributed by atoms with van der Waals surface area (Å²) in [4.78, 5) is 17.5. The molecule has 0 aliphatic carbocycles. The van der Waals surface area contributed by atoms with E-state index in [-0.39, 0.29) is 11.7 Å².